The zero-order valence-corrected chi connectivity index (χ0v) is 10.2. The summed E-state index contributed by atoms with van der Waals surface area (Å²) in [7, 11) is 0. The van der Waals surface area contributed by atoms with Gasteiger partial charge in [-0.1, -0.05) is 0 Å². The third-order valence-electron chi connectivity index (χ3n) is 3.09. The van der Waals surface area contributed by atoms with Gasteiger partial charge in [0, 0.05) is 11.1 Å². The molecule has 0 bridgehead atoms. The van der Waals surface area contributed by atoms with Gasteiger partial charge in [-0.15, -0.1) is 11.3 Å². The summed E-state index contributed by atoms with van der Waals surface area (Å²) in [6.07, 6.45) is 4.42. The average molecular weight is 250 g/mol. The van der Waals surface area contributed by atoms with E-state index in [4.69, 9.17) is 5.73 Å². The first-order valence-corrected chi connectivity index (χ1v) is 6.59. The number of primary amides is 1. The van der Waals surface area contributed by atoms with Crippen LogP contribution < -0.4 is 11.1 Å². The van der Waals surface area contributed by atoms with E-state index in [2.05, 4.69) is 14.7 Å². The Balaban J connectivity index is 2.05. The maximum Gasteiger partial charge on any atom is 0.223 e. The highest BCUT2D eigenvalue weighted by molar-refractivity contribution is 7.15. The van der Waals surface area contributed by atoms with E-state index in [1.807, 2.05) is 11.6 Å². The molecule has 0 saturated carbocycles. The average Bonchev–Trinajstić information content (AvgIpc) is 2.94. The summed E-state index contributed by atoms with van der Waals surface area (Å²) in [5.74, 6) is 0.707. The van der Waals surface area contributed by atoms with Crippen molar-refractivity contribution in [2.45, 2.75) is 25.3 Å². The number of thiazole rings is 1. The summed E-state index contributed by atoms with van der Waals surface area (Å²) >= 11 is 1.60. The Kier molecular flexibility index (Phi) is 2.60. The minimum absolute atomic E-state index is 0.274. The minimum Gasteiger partial charge on any atom is -0.369 e. The van der Waals surface area contributed by atoms with Gasteiger partial charge in [-0.05, 0) is 19.4 Å². The van der Waals surface area contributed by atoms with E-state index >= 15 is 0 Å². The molecule has 1 saturated heterocycles. The zero-order valence-electron chi connectivity index (χ0n) is 9.35. The molecule has 3 N–H and O–H groups in total. The predicted octanol–water partition coefficient (Wildman–Crippen LogP) is 0.848. The van der Waals surface area contributed by atoms with Crippen molar-refractivity contribution in [3.63, 3.8) is 0 Å². The van der Waals surface area contributed by atoms with Crippen LogP contribution in [0.1, 0.15) is 30.4 Å². The molecule has 3 heterocycles. The molecule has 1 unspecified atom stereocenters. The minimum atomic E-state index is -0.302. The Morgan fingerprint density at radius 3 is 3.29 bits per heavy atom. The Morgan fingerprint density at radius 1 is 1.71 bits per heavy atom. The van der Waals surface area contributed by atoms with Gasteiger partial charge in [0.1, 0.15) is 10.7 Å². The third kappa shape index (κ3) is 1.83. The van der Waals surface area contributed by atoms with Gasteiger partial charge in [0.15, 0.2) is 0 Å². The molecule has 1 aliphatic heterocycles. The molecule has 1 fully saturated rings. The first-order chi connectivity index (χ1) is 8.25. The summed E-state index contributed by atoms with van der Waals surface area (Å²) in [6.45, 7) is 1.04. The number of nitrogens with zero attached hydrogens (tertiary/aromatic N) is 2. The predicted molar refractivity (Wildman–Crippen MR) is 65.9 cm³/mol. The number of amides is 1. The molecular formula is C11H14N4OS. The lowest BCUT2D eigenvalue weighted by atomic mass is 10.2. The van der Waals surface area contributed by atoms with Gasteiger partial charge in [-0.2, -0.15) is 0 Å². The number of nitrogens with two attached hydrogens (primary N) is 1. The molecule has 2 aromatic rings. The van der Waals surface area contributed by atoms with E-state index < -0.39 is 0 Å². The lowest BCUT2D eigenvalue weighted by Crippen LogP contribution is -2.19. The lowest BCUT2D eigenvalue weighted by Gasteiger charge is -2.09. The second kappa shape index (κ2) is 4.12. The number of hydrogen-bond donors (Lipinski definition) is 2. The van der Waals surface area contributed by atoms with Crippen molar-refractivity contribution in [2.75, 3.05) is 6.54 Å². The van der Waals surface area contributed by atoms with Crippen LogP contribution in [0.5, 0.6) is 0 Å². The second-order valence-electron chi connectivity index (χ2n) is 4.31. The van der Waals surface area contributed by atoms with Crippen LogP contribution in [-0.4, -0.2) is 21.8 Å². The Bertz CT molecular complexity index is 553. The van der Waals surface area contributed by atoms with Crippen LogP contribution >= 0.6 is 11.3 Å². The summed E-state index contributed by atoms with van der Waals surface area (Å²) in [5.41, 5.74) is 6.21. The highest BCUT2D eigenvalue weighted by atomic mass is 32.1. The Morgan fingerprint density at radius 2 is 2.59 bits per heavy atom. The highest BCUT2D eigenvalue weighted by Gasteiger charge is 2.22. The van der Waals surface area contributed by atoms with Gasteiger partial charge in [-0.3, -0.25) is 9.20 Å². The summed E-state index contributed by atoms with van der Waals surface area (Å²) < 4.78 is 2.07. The molecular weight excluding hydrogens is 236 g/mol. The van der Waals surface area contributed by atoms with Crippen molar-refractivity contribution in [1.82, 2.24) is 14.7 Å². The molecule has 90 valence electrons. The van der Waals surface area contributed by atoms with Crippen molar-refractivity contribution >= 4 is 22.1 Å². The van der Waals surface area contributed by atoms with Gasteiger partial charge >= 0.3 is 0 Å². The quantitative estimate of drug-likeness (QED) is 0.848. The van der Waals surface area contributed by atoms with Gasteiger partial charge in [0.2, 0.25) is 5.91 Å². The Hall–Kier alpha value is -1.40. The first-order valence-electron chi connectivity index (χ1n) is 5.71. The van der Waals surface area contributed by atoms with E-state index in [-0.39, 0.29) is 12.3 Å². The van der Waals surface area contributed by atoms with E-state index in [0.717, 1.165) is 29.3 Å². The number of hydrogen-bond acceptors (Lipinski definition) is 4. The number of imidazole rings is 1. The third-order valence-corrected chi connectivity index (χ3v) is 4.01. The Labute approximate surface area is 103 Å². The zero-order chi connectivity index (χ0) is 11.8. The fourth-order valence-corrected chi connectivity index (χ4v) is 3.23. The number of nitrogens with one attached hydrogen (secondary N) is 1. The summed E-state index contributed by atoms with van der Waals surface area (Å²) in [6, 6.07) is 0.304. The fraction of sp³-hybridized carbons (Fsp3) is 0.455. The van der Waals surface area contributed by atoms with Gasteiger partial charge < -0.3 is 11.1 Å². The molecule has 0 aromatic carbocycles. The molecule has 1 aliphatic rings. The first kappa shape index (κ1) is 10.7. The van der Waals surface area contributed by atoms with Crippen LogP contribution in [0.25, 0.3) is 4.83 Å². The highest BCUT2D eigenvalue weighted by Crippen LogP contribution is 2.27. The van der Waals surface area contributed by atoms with Crippen molar-refractivity contribution in [3.05, 3.63) is 23.1 Å². The monoisotopic (exact) mass is 250 g/mol. The van der Waals surface area contributed by atoms with Crippen molar-refractivity contribution in [2.24, 2.45) is 5.73 Å². The van der Waals surface area contributed by atoms with E-state index in [1.54, 1.807) is 11.3 Å². The standard InChI is InChI=1S/C11H14N4OS/c12-9(16)4-7-6-17-10-5-14-11(15(7)10)8-2-1-3-13-8/h5-6,8,13H,1-4H2,(H2,12,16). The number of rotatable bonds is 3. The van der Waals surface area contributed by atoms with E-state index in [0.29, 0.717) is 6.04 Å². The largest absolute Gasteiger partial charge is 0.369 e. The van der Waals surface area contributed by atoms with Crippen LogP contribution in [0.15, 0.2) is 11.6 Å². The van der Waals surface area contributed by atoms with Gasteiger partial charge in [0.05, 0.1) is 18.7 Å². The summed E-state index contributed by atoms with van der Waals surface area (Å²) in [5, 5.41) is 5.41. The molecule has 1 amide bonds. The maximum atomic E-state index is 11.0. The maximum absolute atomic E-state index is 11.0. The number of aromatic nitrogens is 2. The molecule has 5 nitrogen and oxygen atoms in total. The van der Waals surface area contributed by atoms with Crippen LogP contribution in [0.4, 0.5) is 0 Å². The van der Waals surface area contributed by atoms with Crippen molar-refractivity contribution < 1.29 is 4.79 Å². The van der Waals surface area contributed by atoms with Gasteiger partial charge in [-0.25, -0.2) is 4.98 Å². The van der Waals surface area contributed by atoms with Crippen LogP contribution in [0.2, 0.25) is 0 Å². The second-order valence-corrected chi connectivity index (χ2v) is 5.20. The van der Waals surface area contributed by atoms with Crippen LogP contribution in [0, 0.1) is 0 Å². The van der Waals surface area contributed by atoms with Crippen LogP contribution in [0.3, 0.4) is 0 Å². The number of fused-ring (bicyclic) bond motifs is 1. The molecule has 0 radical (unpaired) electrons. The molecule has 2 aromatic heterocycles. The topological polar surface area (TPSA) is 72.4 Å². The number of carbonyl (C=O) groups excluding carboxylic acids is 1. The smallest absolute Gasteiger partial charge is 0.223 e. The molecule has 3 rings (SSSR count). The lowest BCUT2D eigenvalue weighted by molar-refractivity contribution is -0.117. The molecule has 0 spiro atoms. The number of carbonyl (C=O) groups is 1. The fourth-order valence-electron chi connectivity index (χ4n) is 2.35. The van der Waals surface area contributed by atoms with E-state index in [9.17, 15) is 4.79 Å². The molecule has 6 heteroatoms. The summed E-state index contributed by atoms with van der Waals surface area (Å²) in [4.78, 5) is 16.6. The van der Waals surface area contributed by atoms with E-state index in [1.165, 1.54) is 6.42 Å². The molecule has 17 heavy (non-hydrogen) atoms. The van der Waals surface area contributed by atoms with Crippen molar-refractivity contribution in [3.8, 4) is 0 Å². The molecule has 0 aliphatic carbocycles. The van der Waals surface area contributed by atoms with Crippen molar-refractivity contribution in [1.29, 1.82) is 0 Å². The normalized spacial score (nSPS) is 20.1. The van der Waals surface area contributed by atoms with Gasteiger partial charge in [0.25, 0.3) is 0 Å². The van der Waals surface area contributed by atoms with Crippen LogP contribution in [-0.2, 0) is 11.2 Å². The SMILES string of the molecule is NC(=O)Cc1csc2cnc(C3CCCN3)n12. The molecule has 1 atom stereocenters.